The molecule has 0 aromatic heterocycles. The van der Waals surface area contributed by atoms with E-state index in [1.807, 2.05) is 6.08 Å². The van der Waals surface area contributed by atoms with Crippen molar-refractivity contribution in [3.8, 4) is 0 Å². The minimum absolute atomic E-state index is 0.799. The zero-order valence-corrected chi connectivity index (χ0v) is 7.43. The van der Waals surface area contributed by atoms with Gasteiger partial charge in [-0.2, -0.15) is 0 Å². The van der Waals surface area contributed by atoms with Crippen LogP contribution in [0, 0.1) is 5.92 Å². The fourth-order valence-electron chi connectivity index (χ4n) is 1.12. The molecule has 0 radical (unpaired) electrons. The highest BCUT2D eigenvalue weighted by Crippen LogP contribution is 2.05. The molecule has 1 atom stereocenters. The Hall–Kier alpha value is -0.300. The number of hydrogen-bond donors (Lipinski definition) is 0. The molecule has 0 aliphatic carbocycles. The maximum atomic E-state index is 3.70. The SMILES string of the molecule is C=CCCC(C)CN(C)C. The molecule has 0 aromatic rings. The molecule has 0 heterocycles. The monoisotopic (exact) mass is 141 g/mol. The van der Waals surface area contributed by atoms with Crippen LogP contribution in [-0.4, -0.2) is 25.5 Å². The molecule has 0 amide bonds. The van der Waals surface area contributed by atoms with Crippen molar-refractivity contribution in [3.05, 3.63) is 12.7 Å². The van der Waals surface area contributed by atoms with E-state index < -0.39 is 0 Å². The summed E-state index contributed by atoms with van der Waals surface area (Å²) in [7, 11) is 4.23. The molecule has 0 aromatic carbocycles. The minimum Gasteiger partial charge on any atom is -0.309 e. The van der Waals surface area contributed by atoms with Gasteiger partial charge in [0.25, 0.3) is 0 Å². The van der Waals surface area contributed by atoms with E-state index in [9.17, 15) is 0 Å². The Kier molecular flexibility index (Phi) is 5.32. The van der Waals surface area contributed by atoms with Crippen LogP contribution in [-0.2, 0) is 0 Å². The zero-order chi connectivity index (χ0) is 7.98. The van der Waals surface area contributed by atoms with Gasteiger partial charge in [-0.3, -0.25) is 0 Å². The highest BCUT2D eigenvalue weighted by molar-refractivity contribution is 4.68. The minimum atomic E-state index is 0.799. The Labute approximate surface area is 64.7 Å². The van der Waals surface area contributed by atoms with E-state index in [0.717, 1.165) is 12.3 Å². The van der Waals surface area contributed by atoms with Crippen LogP contribution >= 0.6 is 0 Å². The molecule has 0 spiro atoms. The molecule has 10 heavy (non-hydrogen) atoms. The van der Waals surface area contributed by atoms with Gasteiger partial charge in [-0.15, -0.1) is 6.58 Å². The number of rotatable bonds is 5. The average Bonchev–Trinajstić information content (AvgIpc) is 1.82. The molecule has 0 fully saturated rings. The first-order valence-electron chi connectivity index (χ1n) is 3.92. The van der Waals surface area contributed by atoms with Gasteiger partial charge < -0.3 is 4.90 Å². The van der Waals surface area contributed by atoms with Gasteiger partial charge in [0.15, 0.2) is 0 Å². The van der Waals surface area contributed by atoms with Crippen LogP contribution < -0.4 is 0 Å². The highest BCUT2D eigenvalue weighted by Gasteiger charge is 2.00. The molecular formula is C9H19N. The first kappa shape index (κ1) is 9.70. The molecule has 60 valence electrons. The third-order valence-corrected chi connectivity index (χ3v) is 1.54. The number of nitrogens with zero attached hydrogens (tertiary/aromatic N) is 1. The summed E-state index contributed by atoms with van der Waals surface area (Å²) < 4.78 is 0. The number of hydrogen-bond acceptors (Lipinski definition) is 1. The molecule has 1 nitrogen and oxygen atoms in total. The summed E-state index contributed by atoms with van der Waals surface area (Å²) in [5.74, 6) is 0.799. The Balaban J connectivity index is 3.24. The summed E-state index contributed by atoms with van der Waals surface area (Å²) in [4.78, 5) is 2.23. The molecule has 0 aliphatic rings. The molecule has 0 rings (SSSR count). The molecule has 1 heteroatoms. The second kappa shape index (κ2) is 5.48. The van der Waals surface area contributed by atoms with E-state index >= 15 is 0 Å². The standard InChI is InChI=1S/C9H19N/c1-5-6-7-9(2)8-10(3)4/h5,9H,1,6-8H2,2-4H3. The van der Waals surface area contributed by atoms with Crippen molar-refractivity contribution in [3.63, 3.8) is 0 Å². The van der Waals surface area contributed by atoms with Crippen molar-refractivity contribution in [1.29, 1.82) is 0 Å². The van der Waals surface area contributed by atoms with Crippen LogP contribution in [0.5, 0.6) is 0 Å². The van der Waals surface area contributed by atoms with Crippen LogP contribution in [0.2, 0.25) is 0 Å². The van der Waals surface area contributed by atoms with Crippen molar-refractivity contribution < 1.29 is 0 Å². The van der Waals surface area contributed by atoms with Gasteiger partial charge in [-0.05, 0) is 32.9 Å². The van der Waals surface area contributed by atoms with Gasteiger partial charge in [0.05, 0.1) is 0 Å². The van der Waals surface area contributed by atoms with Crippen LogP contribution in [0.4, 0.5) is 0 Å². The second-order valence-electron chi connectivity index (χ2n) is 3.23. The molecule has 1 unspecified atom stereocenters. The summed E-state index contributed by atoms with van der Waals surface area (Å²) in [6.07, 6.45) is 4.41. The quantitative estimate of drug-likeness (QED) is 0.530. The van der Waals surface area contributed by atoms with E-state index in [1.54, 1.807) is 0 Å². The largest absolute Gasteiger partial charge is 0.309 e. The Bertz CT molecular complexity index is 86.7. The van der Waals surface area contributed by atoms with E-state index in [4.69, 9.17) is 0 Å². The molecule has 0 saturated carbocycles. The Morgan fingerprint density at radius 3 is 2.50 bits per heavy atom. The first-order chi connectivity index (χ1) is 4.66. The molecule has 0 saturated heterocycles. The van der Waals surface area contributed by atoms with Crippen LogP contribution in [0.1, 0.15) is 19.8 Å². The third kappa shape index (κ3) is 5.83. The summed E-state index contributed by atoms with van der Waals surface area (Å²) in [5, 5.41) is 0. The first-order valence-corrected chi connectivity index (χ1v) is 3.92. The lowest BCUT2D eigenvalue weighted by Gasteiger charge is -2.15. The lowest BCUT2D eigenvalue weighted by Crippen LogP contribution is -2.19. The fourth-order valence-corrected chi connectivity index (χ4v) is 1.12. The molecule has 0 aliphatic heterocycles. The van der Waals surface area contributed by atoms with E-state index in [-0.39, 0.29) is 0 Å². The van der Waals surface area contributed by atoms with Crippen molar-refractivity contribution in [2.24, 2.45) is 5.92 Å². The van der Waals surface area contributed by atoms with Gasteiger partial charge in [-0.1, -0.05) is 13.0 Å². The summed E-state index contributed by atoms with van der Waals surface area (Å²) >= 11 is 0. The van der Waals surface area contributed by atoms with Gasteiger partial charge in [-0.25, -0.2) is 0 Å². The van der Waals surface area contributed by atoms with Crippen molar-refractivity contribution in [1.82, 2.24) is 4.90 Å². The topological polar surface area (TPSA) is 3.24 Å². The van der Waals surface area contributed by atoms with Gasteiger partial charge in [0, 0.05) is 6.54 Å². The predicted octanol–water partition coefficient (Wildman–Crippen LogP) is 2.15. The highest BCUT2D eigenvalue weighted by atomic mass is 15.1. The molecule has 0 N–H and O–H groups in total. The van der Waals surface area contributed by atoms with E-state index in [1.165, 1.54) is 13.0 Å². The zero-order valence-electron chi connectivity index (χ0n) is 7.43. The second-order valence-corrected chi connectivity index (χ2v) is 3.23. The normalized spacial score (nSPS) is 13.6. The lowest BCUT2D eigenvalue weighted by molar-refractivity contribution is 0.329. The fraction of sp³-hybridized carbons (Fsp3) is 0.778. The Morgan fingerprint density at radius 2 is 2.10 bits per heavy atom. The van der Waals surface area contributed by atoms with Gasteiger partial charge in [0.1, 0.15) is 0 Å². The van der Waals surface area contributed by atoms with Gasteiger partial charge >= 0.3 is 0 Å². The maximum Gasteiger partial charge on any atom is 0.000103 e. The summed E-state index contributed by atoms with van der Waals surface area (Å²) in [5.41, 5.74) is 0. The van der Waals surface area contributed by atoms with Crippen molar-refractivity contribution >= 4 is 0 Å². The van der Waals surface area contributed by atoms with E-state index in [0.29, 0.717) is 0 Å². The third-order valence-electron chi connectivity index (χ3n) is 1.54. The lowest BCUT2D eigenvalue weighted by atomic mass is 10.1. The van der Waals surface area contributed by atoms with Crippen molar-refractivity contribution in [2.45, 2.75) is 19.8 Å². The molecular weight excluding hydrogens is 122 g/mol. The van der Waals surface area contributed by atoms with Crippen molar-refractivity contribution in [2.75, 3.05) is 20.6 Å². The number of allylic oxidation sites excluding steroid dienone is 1. The predicted molar refractivity (Wildman–Crippen MR) is 47.1 cm³/mol. The molecule has 0 bridgehead atoms. The van der Waals surface area contributed by atoms with Crippen LogP contribution in [0.25, 0.3) is 0 Å². The van der Waals surface area contributed by atoms with Crippen LogP contribution in [0.15, 0.2) is 12.7 Å². The van der Waals surface area contributed by atoms with Gasteiger partial charge in [0.2, 0.25) is 0 Å². The van der Waals surface area contributed by atoms with Crippen LogP contribution in [0.3, 0.4) is 0 Å². The summed E-state index contributed by atoms with van der Waals surface area (Å²) in [6.45, 7) is 7.17. The summed E-state index contributed by atoms with van der Waals surface area (Å²) in [6, 6.07) is 0. The average molecular weight is 141 g/mol. The van der Waals surface area contributed by atoms with E-state index in [2.05, 4.69) is 32.5 Å². The maximum absolute atomic E-state index is 3.70. The Morgan fingerprint density at radius 1 is 1.50 bits per heavy atom. The smallest absolute Gasteiger partial charge is 0.000103 e.